The first-order valence-corrected chi connectivity index (χ1v) is 7.81. The zero-order valence-corrected chi connectivity index (χ0v) is 12.6. The topological polar surface area (TPSA) is 44.8 Å². The highest BCUT2D eigenvalue weighted by Gasteiger charge is 2.28. The van der Waals surface area contributed by atoms with Gasteiger partial charge in [-0.1, -0.05) is 13.3 Å². The van der Waals surface area contributed by atoms with Gasteiger partial charge >= 0.3 is 7.60 Å². The Morgan fingerprint density at radius 2 is 1.81 bits per heavy atom. The first-order valence-electron chi connectivity index (χ1n) is 5.47. The Labute approximate surface area is 106 Å². The molecule has 0 aromatic carbocycles. The lowest BCUT2D eigenvalue weighted by molar-refractivity contribution is 0.221. The van der Waals surface area contributed by atoms with E-state index in [2.05, 4.69) is 22.9 Å². The van der Waals surface area contributed by atoms with Crippen molar-refractivity contribution in [3.8, 4) is 0 Å². The van der Waals surface area contributed by atoms with E-state index in [1.807, 2.05) is 0 Å². The van der Waals surface area contributed by atoms with E-state index in [0.29, 0.717) is 24.0 Å². The average Bonchev–Trinajstić information content (AvgIpc) is 2.24. The first-order chi connectivity index (χ1) is 7.60. The molecular weight excluding hydrogens is 295 g/mol. The number of hydrogen-bond acceptors (Lipinski definition) is 4. The van der Waals surface area contributed by atoms with Crippen LogP contribution in [0.2, 0.25) is 0 Å². The van der Waals surface area contributed by atoms with Crippen molar-refractivity contribution < 1.29 is 18.3 Å². The number of halogens is 1. The summed E-state index contributed by atoms with van der Waals surface area (Å²) in [6.07, 6.45) is 3.42. The molecule has 16 heavy (non-hydrogen) atoms. The van der Waals surface area contributed by atoms with Gasteiger partial charge < -0.3 is 13.8 Å². The lowest BCUT2D eigenvalue weighted by atomic mass is 10.4. The average molecular weight is 315 g/mol. The van der Waals surface area contributed by atoms with Gasteiger partial charge in [0.05, 0.1) is 19.8 Å². The van der Waals surface area contributed by atoms with Gasteiger partial charge in [0, 0.05) is 0 Å². The van der Waals surface area contributed by atoms with Crippen LogP contribution < -0.4 is 0 Å². The van der Waals surface area contributed by atoms with Gasteiger partial charge in [-0.15, -0.1) is 0 Å². The molecule has 0 aliphatic rings. The lowest BCUT2D eigenvalue weighted by Crippen LogP contribution is -1.96. The number of ether oxygens (including phenoxy) is 1. The SMILES string of the molecule is CCCCO/C=C(/Br)P(=O)(OCC)OCC. The van der Waals surface area contributed by atoms with E-state index >= 15 is 0 Å². The Balaban J connectivity index is 4.36. The van der Waals surface area contributed by atoms with Crippen molar-refractivity contribution in [3.05, 3.63) is 10.5 Å². The van der Waals surface area contributed by atoms with E-state index in [1.165, 1.54) is 6.26 Å². The Bertz CT molecular complexity index is 245. The highest BCUT2D eigenvalue weighted by Crippen LogP contribution is 2.58. The standard InChI is InChI=1S/C10H20BrO4P/c1-4-7-8-13-9-10(11)16(12,14-5-2)15-6-3/h9H,4-8H2,1-3H3/b10-9-. The smallest absolute Gasteiger partial charge is 0.371 e. The molecule has 0 rings (SSSR count). The van der Waals surface area contributed by atoms with Gasteiger partial charge in [0.15, 0.2) is 0 Å². The molecule has 96 valence electrons. The third-order valence-corrected chi connectivity index (χ3v) is 4.97. The van der Waals surface area contributed by atoms with Crippen LogP contribution in [-0.4, -0.2) is 19.8 Å². The molecule has 0 atom stereocenters. The van der Waals surface area contributed by atoms with Crippen molar-refractivity contribution >= 4 is 23.5 Å². The van der Waals surface area contributed by atoms with Crippen molar-refractivity contribution in [2.24, 2.45) is 0 Å². The molecule has 6 heteroatoms. The molecule has 0 heterocycles. The molecule has 0 unspecified atom stereocenters. The molecule has 0 amide bonds. The Morgan fingerprint density at radius 3 is 2.25 bits per heavy atom. The van der Waals surface area contributed by atoms with Crippen molar-refractivity contribution in [2.75, 3.05) is 19.8 Å². The molecule has 0 aromatic heterocycles. The highest BCUT2D eigenvalue weighted by molar-refractivity contribution is 9.13. The monoisotopic (exact) mass is 314 g/mol. The van der Waals surface area contributed by atoms with Gasteiger partial charge in [-0.05, 0) is 36.2 Å². The summed E-state index contributed by atoms with van der Waals surface area (Å²) in [6.45, 7) is 6.87. The molecule has 0 bridgehead atoms. The van der Waals surface area contributed by atoms with Crippen LogP contribution in [0.25, 0.3) is 0 Å². The molecule has 0 saturated heterocycles. The Hall–Kier alpha value is 0.170. The zero-order valence-electron chi connectivity index (χ0n) is 10.1. The van der Waals surface area contributed by atoms with Crippen LogP contribution in [0, 0.1) is 0 Å². The van der Waals surface area contributed by atoms with Crippen LogP contribution in [0.4, 0.5) is 0 Å². The fourth-order valence-electron chi connectivity index (χ4n) is 0.920. The molecule has 0 saturated carbocycles. The highest BCUT2D eigenvalue weighted by atomic mass is 79.9. The molecule has 0 radical (unpaired) electrons. The third kappa shape index (κ3) is 6.04. The molecule has 0 aliphatic heterocycles. The van der Waals surface area contributed by atoms with Gasteiger partial charge in [-0.2, -0.15) is 0 Å². The Morgan fingerprint density at radius 1 is 1.25 bits per heavy atom. The molecule has 0 N–H and O–H groups in total. The normalized spacial score (nSPS) is 12.9. The van der Waals surface area contributed by atoms with Crippen LogP contribution in [0.3, 0.4) is 0 Å². The van der Waals surface area contributed by atoms with Gasteiger partial charge in [-0.25, -0.2) is 0 Å². The maximum Gasteiger partial charge on any atom is 0.371 e. The van der Waals surface area contributed by atoms with Crippen LogP contribution in [0.5, 0.6) is 0 Å². The molecule has 0 aliphatic carbocycles. The van der Waals surface area contributed by atoms with E-state index in [9.17, 15) is 4.57 Å². The molecular formula is C10H20BrO4P. The van der Waals surface area contributed by atoms with E-state index in [0.717, 1.165) is 12.8 Å². The zero-order chi connectivity index (χ0) is 12.4. The van der Waals surface area contributed by atoms with Gasteiger partial charge in [-0.3, -0.25) is 4.57 Å². The van der Waals surface area contributed by atoms with Crippen LogP contribution in [0.15, 0.2) is 10.5 Å². The summed E-state index contributed by atoms with van der Waals surface area (Å²) in [7, 11) is -3.21. The number of rotatable bonds is 9. The van der Waals surface area contributed by atoms with E-state index < -0.39 is 7.60 Å². The predicted molar refractivity (Wildman–Crippen MR) is 68.7 cm³/mol. The van der Waals surface area contributed by atoms with Crippen LogP contribution in [0.1, 0.15) is 33.6 Å². The second-order valence-corrected chi connectivity index (χ2v) is 6.46. The lowest BCUT2D eigenvalue weighted by Gasteiger charge is -2.15. The van der Waals surface area contributed by atoms with Crippen molar-refractivity contribution in [2.45, 2.75) is 33.6 Å². The second-order valence-electron chi connectivity index (χ2n) is 3.00. The summed E-state index contributed by atoms with van der Waals surface area (Å²) in [5, 5.41) is 0. The van der Waals surface area contributed by atoms with E-state index in [-0.39, 0.29) is 0 Å². The summed E-state index contributed by atoms with van der Waals surface area (Å²) >= 11 is 3.18. The van der Waals surface area contributed by atoms with Crippen LogP contribution in [-0.2, 0) is 18.3 Å². The predicted octanol–water partition coefficient (Wildman–Crippen LogP) is 4.26. The minimum atomic E-state index is -3.21. The molecule has 4 nitrogen and oxygen atoms in total. The molecule has 0 spiro atoms. The third-order valence-electron chi connectivity index (χ3n) is 1.66. The van der Waals surface area contributed by atoms with E-state index in [4.69, 9.17) is 13.8 Å². The maximum absolute atomic E-state index is 12.1. The largest absolute Gasteiger partial charge is 0.500 e. The van der Waals surface area contributed by atoms with Crippen LogP contribution >= 0.6 is 23.5 Å². The minimum Gasteiger partial charge on any atom is -0.500 e. The first kappa shape index (κ1) is 16.2. The summed E-state index contributed by atoms with van der Waals surface area (Å²) in [4.78, 5) is 0. The van der Waals surface area contributed by atoms with Gasteiger partial charge in [0.2, 0.25) is 0 Å². The van der Waals surface area contributed by atoms with Gasteiger partial charge in [0.25, 0.3) is 0 Å². The Kier molecular flexibility index (Phi) is 9.32. The van der Waals surface area contributed by atoms with Gasteiger partial charge in [0.1, 0.15) is 10.5 Å². The quantitative estimate of drug-likeness (QED) is 0.362. The minimum absolute atomic E-state index is 0.329. The molecule has 0 fully saturated rings. The number of unbranched alkanes of at least 4 members (excludes halogenated alkanes) is 1. The summed E-state index contributed by atoms with van der Waals surface area (Å²) in [5.74, 6) is 0. The van der Waals surface area contributed by atoms with E-state index in [1.54, 1.807) is 13.8 Å². The van der Waals surface area contributed by atoms with Crippen molar-refractivity contribution in [1.29, 1.82) is 0 Å². The maximum atomic E-state index is 12.1. The second kappa shape index (κ2) is 9.23. The van der Waals surface area contributed by atoms with Crippen molar-refractivity contribution in [1.82, 2.24) is 0 Å². The fraction of sp³-hybridized carbons (Fsp3) is 0.800. The summed E-state index contributed by atoms with van der Waals surface area (Å²) in [5.41, 5.74) is 0. The summed E-state index contributed by atoms with van der Waals surface area (Å²) in [6, 6.07) is 0. The number of hydrogen-bond donors (Lipinski definition) is 0. The van der Waals surface area contributed by atoms with Crippen molar-refractivity contribution in [3.63, 3.8) is 0 Å². The summed E-state index contributed by atoms with van der Waals surface area (Å²) < 4.78 is 28.0. The molecule has 0 aromatic rings. The fourth-order valence-corrected chi connectivity index (χ4v) is 2.87.